The van der Waals surface area contributed by atoms with E-state index in [9.17, 15) is 32.5 Å². The van der Waals surface area contributed by atoms with Gasteiger partial charge in [0.15, 0.2) is 0 Å². The monoisotopic (exact) mass is 251 g/mol. The van der Waals surface area contributed by atoms with Crippen LogP contribution in [0.5, 0.6) is 0 Å². The normalized spacial score (nSPS) is 10.6. The maximum absolute atomic E-state index is 13.3. The summed E-state index contributed by atoms with van der Waals surface area (Å²) in [5.74, 6) is -4.59. The van der Waals surface area contributed by atoms with Crippen molar-refractivity contribution in [1.82, 2.24) is 0 Å². The van der Waals surface area contributed by atoms with Gasteiger partial charge in [-0.25, -0.2) is 13.2 Å². The maximum Gasteiger partial charge on any atom is 0.305 e. The highest BCUT2D eigenvalue weighted by molar-refractivity contribution is 5.84. The second kappa shape index (κ2) is 4.89. The van der Waals surface area contributed by atoms with Crippen LogP contribution in [0.2, 0.25) is 0 Å². The van der Waals surface area contributed by atoms with E-state index in [1.807, 2.05) is 0 Å². The Hall–Kier alpha value is -1.99. The van der Waals surface area contributed by atoms with Gasteiger partial charge in [-0.1, -0.05) is 0 Å². The van der Waals surface area contributed by atoms with Crippen molar-refractivity contribution in [2.75, 3.05) is 0 Å². The number of rotatable bonds is 4. The summed E-state index contributed by atoms with van der Waals surface area (Å²) in [4.78, 5) is 19.8. The van der Waals surface area contributed by atoms with Crippen molar-refractivity contribution < 1.29 is 27.3 Å². The molecule has 0 fully saturated rings. The zero-order valence-electron chi connectivity index (χ0n) is 8.12. The Morgan fingerprint density at radius 3 is 2.41 bits per heavy atom. The molecule has 17 heavy (non-hydrogen) atoms. The molecular formula is C9H5F4NO3. The quantitative estimate of drug-likeness (QED) is 0.468. The fraction of sp³-hybridized carbons (Fsp3) is 0.222. The van der Waals surface area contributed by atoms with Crippen LogP contribution in [-0.4, -0.2) is 17.1 Å². The van der Waals surface area contributed by atoms with Crippen LogP contribution in [0.25, 0.3) is 0 Å². The summed E-state index contributed by atoms with van der Waals surface area (Å²) in [5.41, 5.74) is -2.09. The molecule has 0 aliphatic rings. The topological polar surface area (TPSA) is 60.2 Å². The highest BCUT2D eigenvalue weighted by Gasteiger charge is 2.25. The lowest BCUT2D eigenvalue weighted by Crippen LogP contribution is -2.15. The van der Waals surface area contributed by atoms with Gasteiger partial charge in [-0.2, -0.15) is 4.39 Å². The summed E-state index contributed by atoms with van der Waals surface area (Å²) in [6, 6.07) is 1.11. The Morgan fingerprint density at radius 1 is 1.35 bits per heavy atom. The average molecular weight is 251 g/mol. The molecule has 0 heterocycles. The van der Waals surface area contributed by atoms with E-state index in [0.717, 1.165) is 0 Å². The molecule has 0 saturated heterocycles. The zero-order valence-corrected chi connectivity index (χ0v) is 8.12. The molecule has 1 aromatic rings. The minimum atomic E-state index is -3.38. The van der Waals surface area contributed by atoms with Crippen molar-refractivity contribution in [2.45, 2.75) is 12.8 Å². The Balaban J connectivity index is 3.19. The summed E-state index contributed by atoms with van der Waals surface area (Å²) in [7, 11) is 0. The van der Waals surface area contributed by atoms with Crippen molar-refractivity contribution in [3.63, 3.8) is 0 Å². The second-order valence-corrected chi connectivity index (χ2v) is 3.06. The second-order valence-electron chi connectivity index (χ2n) is 3.06. The molecule has 1 aromatic carbocycles. The third-order valence-corrected chi connectivity index (χ3v) is 1.96. The van der Waals surface area contributed by atoms with Gasteiger partial charge in [-0.15, -0.1) is 0 Å². The van der Waals surface area contributed by atoms with Crippen molar-refractivity contribution in [3.05, 3.63) is 39.4 Å². The number of nitrogens with zero attached hydrogens (tertiary/aromatic N) is 1. The molecule has 1 rings (SSSR count). The van der Waals surface area contributed by atoms with Crippen LogP contribution in [0, 0.1) is 21.7 Å². The van der Waals surface area contributed by atoms with Gasteiger partial charge in [-0.05, 0) is 6.07 Å². The molecule has 0 bridgehead atoms. The first-order valence-corrected chi connectivity index (χ1v) is 4.26. The predicted octanol–water partition coefficient (Wildman–Crippen LogP) is 2.25. The molecule has 0 unspecified atom stereocenters. The van der Waals surface area contributed by atoms with Crippen molar-refractivity contribution >= 4 is 11.5 Å². The molecule has 0 N–H and O–H groups in total. The lowest BCUT2D eigenvalue weighted by Gasteiger charge is -2.04. The number of hydrogen-bond donors (Lipinski definition) is 0. The Labute approximate surface area is 92.0 Å². The van der Waals surface area contributed by atoms with E-state index in [-0.39, 0.29) is 0 Å². The minimum absolute atomic E-state index is 0.551. The van der Waals surface area contributed by atoms with Gasteiger partial charge in [-0.3, -0.25) is 14.9 Å². The van der Waals surface area contributed by atoms with Crippen LogP contribution in [0.15, 0.2) is 12.1 Å². The molecule has 0 aliphatic carbocycles. The lowest BCUT2D eigenvalue weighted by atomic mass is 10.1. The number of halogens is 4. The number of carbonyl (C=O) groups is 1. The maximum atomic E-state index is 13.3. The number of ketones is 1. The van der Waals surface area contributed by atoms with Gasteiger partial charge in [0.2, 0.25) is 11.6 Å². The van der Waals surface area contributed by atoms with E-state index in [1.54, 1.807) is 0 Å². The first kappa shape index (κ1) is 13.1. The van der Waals surface area contributed by atoms with Gasteiger partial charge in [0, 0.05) is 18.1 Å². The highest BCUT2D eigenvalue weighted by Crippen LogP contribution is 2.24. The first-order chi connectivity index (χ1) is 7.84. The zero-order chi connectivity index (χ0) is 13.2. The van der Waals surface area contributed by atoms with E-state index in [1.165, 1.54) is 0 Å². The predicted molar refractivity (Wildman–Crippen MR) is 47.7 cm³/mol. The molecule has 0 saturated carbocycles. The summed E-state index contributed by atoms with van der Waals surface area (Å²) >= 11 is 0. The molecule has 0 spiro atoms. The largest absolute Gasteiger partial charge is 0.305 e. The molecule has 0 amide bonds. The van der Waals surface area contributed by atoms with Crippen LogP contribution in [0.1, 0.15) is 5.56 Å². The van der Waals surface area contributed by atoms with Crippen LogP contribution in [0.4, 0.5) is 23.2 Å². The molecule has 0 aliphatic heterocycles. The highest BCUT2D eigenvalue weighted by atomic mass is 19.3. The standard InChI is InChI=1S/C9H5F4NO3/c10-5-1-2-6(14(16)17)8(11)4(5)3-7(15)9(12)13/h1-2,9H,3H2. The van der Waals surface area contributed by atoms with E-state index >= 15 is 0 Å². The smallest absolute Gasteiger partial charge is 0.293 e. The molecular weight excluding hydrogens is 246 g/mol. The van der Waals surface area contributed by atoms with Gasteiger partial charge in [0.05, 0.1) is 4.92 Å². The van der Waals surface area contributed by atoms with Crippen LogP contribution in [-0.2, 0) is 11.2 Å². The summed E-state index contributed by atoms with van der Waals surface area (Å²) in [6.07, 6.45) is -4.61. The van der Waals surface area contributed by atoms with Gasteiger partial charge < -0.3 is 0 Å². The fourth-order valence-electron chi connectivity index (χ4n) is 1.14. The fourth-order valence-corrected chi connectivity index (χ4v) is 1.14. The lowest BCUT2D eigenvalue weighted by molar-refractivity contribution is -0.387. The van der Waals surface area contributed by atoms with Crippen LogP contribution >= 0.6 is 0 Å². The average Bonchev–Trinajstić information content (AvgIpc) is 2.22. The molecule has 8 heteroatoms. The SMILES string of the molecule is O=C(Cc1c(F)ccc([N+](=O)[O-])c1F)C(F)F. The number of hydrogen-bond acceptors (Lipinski definition) is 3. The van der Waals surface area contributed by atoms with Crippen molar-refractivity contribution in [2.24, 2.45) is 0 Å². The Morgan fingerprint density at radius 2 is 1.94 bits per heavy atom. The molecule has 0 aromatic heterocycles. The van der Waals surface area contributed by atoms with Crippen molar-refractivity contribution in [1.29, 1.82) is 0 Å². The number of nitro benzene ring substituents is 1. The van der Waals surface area contributed by atoms with Gasteiger partial charge in [0.25, 0.3) is 6.43 Å². The molecule has 92 valence electrons. The van der Waals surface area contributed by atoms with E-state index in [4.69, 9.17) is 0 Å². The minimum Gasteiger partial charge on any atom is -0.293 e. The number of carbonyl (C=O) groups excluding carboxylic acids is 1. The number of Topliss-reactive ketones (excluding diaryl/α,β-unsaturated/α-hetero) is 1. The Kier molecular flexibility index (Phi) is 3.77. The number of benzene rings is 1. The molecule has 0 radical (unpaired) electrons. The van der Waals surface area contributed by atoms with Crippen LogP contribution in [0.3, 0.4) is 0 Å². The van der Waals surface area contributed by atoms with E-state index in [2.05, 4.69) is 0 Å². The third kappa shape index (κ3) is 2.77. The van der Waals surface area contributed by atoms with Crippen molar-refractivity contribution in [3.8, 4) is 0 Å². The van der Waals surface area contributed by atoms with E-state index < -0.39 is 46.4 Å². The van der Waals surface area contributed by atoms with Gasteiger partial charge in [0.1, 0.15) is 5.82 Å². The summed E-state index contributed by atoms with van der Waals surface area (Å²) in [6.45, 7) is 0. The van der Waals surface area contributed by atoms with Gasteiger partial charge >= 0.3 is 5.69 Å². The molecule has 4 nitrogen and oxygen atoms in total. The first-order valence-electron chi connectivity index (χ1n) is 4.26. The molecule has 0 atom stereocenters. The number of nitro groups is 1. The Bertz CT molecular complexity index is 476. The third-order valence-electron chi connectivity index (χ3n) is 1.96. The number of alkyl halides is 2. The van der Waals surface area contributed by atoms with Crippen LogP contribution < -0.4 is 0 Å². The summed E-state index contributed by atoms with van der Waals surface area (Å²) in [5, 5.41) is 10.3. The summed E-state index contributed by atoms with van der Waals surface area (Å²) < 4.78 is 50.2. The van der Waals surface area contributed by atoms with E-state index in [0.29, 0.717) is 12.1 Å².